The molecule has 0 unspecified atom stereocenters. The molecule has 3 rings (SSSR count). The SMILES string of the molecule is COc1ccccc1NC(=O)c1ccc(NC(=O)[C@@H](C)Sc2ccc(C)c(C)c2)cc1. The van der Waals surface area contributed by atoms with Crippen molar-refractivity contribution in [3.8, 4) is 5.75 Å². The maximum Gasteiger partial charge on any atom is 0.255 e. The first-order valence-electron chi connectivity index (χ1n) is 9.96. The van der Waals surface area contributed by atoms with Crippen molar-refractivity contribution in [3.05, 3.63) is 83.4 Å². The minimum Gasteiger partial charge on any atom is -0.495 e. The first-order valence-corrected chi connectivity index (χ1v) is 10.8. The third kappa shape index (κ3) is 5.89. The lowest BCUT2D eigenvalue weighted by Crippen LogP contribution is -2.22. The van der Waals surface area contributed by atoms with E-state index in [9.17, 15) is 9.59 Å². The molecule has 0 fully saturated rings. The maximum absolute atomic E-state index is 12.6. The van der Waals surface area contributed by atoms with Gasteiger partial charge in [0.2, 0.25) is 5.91 Å². The van der Waals surface area contributed by atoms with Gasteiger partial charge in [0.05, 0.1) is 18.0 Å². The molecule has 0 bridgehead atoms. The summed E-state index contributed by atoms with van der Waals surface area (Å²) < 4.78 is 5.26. The zero-order chi connectivity index (χ0) is 22.4. The van der Waals surface area contributed by atoms with E-state index in [1.165, 1.54) is 22.9 Å². The number of hydrogen-bond acceptors (Lipinski definition) is 4. The second kappa shape index (κ2) is 10.2. The number of hydrogen-bond donors (Lipinski definition) is 2. The Hall–Kier alpha value is -3.25. The number of aryl methyl sites for hydroxylation is 2. The van der Waals surface area contributed by atoms with Crippen LogP contribution in [-0.4, -0.2) is 24.2 Å². The standard InChI is InChI=1S/C25H26N2O3S/c1-16-9-14-21(15-17(16)2)31-18(3)24(28)26-20-12-10-19(11-13-20)25(29)27-22-7-5-6-8-23(22)30-4/h5-15,18H,1-4H3,(H,26,28)(H,27,29)/t18-/m1/s1. The Balaban J connectivity index is 1.59. The highest BCUT2D eigenvalue weighted by Crippen LogP contribution is 2.27. The molecule has 2 N–H and O–H groups in total. The van der Waals surface area contributed by atoms with Crippen molar-refractivity contribution in [3.63, 3.8) is 0 Å². The molecule has 0 aliphatic carbocycles. The van der Waals surface area contributed by atoms with Crippen LogP contribution >= 0.6 is 11.8 Å². The molecule has 5 nitrogen and oxygen atoms in total. The molecule has 2 amide bonds. The van der Waals surface area contributed by atoms with Crippen LogP contribution in [0.25, 0.3) is 0 Å². The van der Waals surface area contributed by atoms with Gasteiger partial charge in [0.15, 0.2) is 0 Å². The molecule has 0 spiro atoms. The summed E-state index contributed by atoms with van der Waals surface area (Å²) in [6.07, 6.45) is 0. The van der Waals surface area contributed by atoms with E-state index in [2.05, 4.69) is 36.6 Å². The molecule has 0 saturated heterocycles. The van der Waals surface area contributed by atoms with E-state index in [-0.39, 0.29) is 17.1 Å². The number of amides is 2. The second-order valence-corrected chi connectivity index (χ2v) is 8.64. The summed E-state index contributed by atoms with van der Waals surface area (Å²) in [5.74, 6) is 0.255. The van der Waals surface area contributed by atoms with Crippen LogP contribution in [-0.2, 0) is 4.79 Å². The highest BCUT2D eigenvalue weighted by molar-refractivity contribution is 8.00. The molecule has 6 heteroatoms. The van der Waals surface area contributed by atoms with Gasteiger partial charge in [0.1, 0.15) is 5.75 Å². The third-order valence-electron chi connectivity index (χ3n) is 4.93. The summed E-state index contributed by atoms with van der Waals surface area (Å²) in [6, 6.07) is 20.2. The highest BCUT2D eigenvalue weighted by Gasteiger charge is 2.15. The zero-order valence-corrected chi connectivity index (χ0v) is 18.9. The maximum atomic E-state index is 12.6. The number of anilines is 2. The first kappa shape index (κ1) is 22.4. The highest BCUT2D eigenvalue weighted by atomic mass is 32.2. The van der Waals surface area contributed by atoms with E-state index in [1.54, 1.807) is 43.5 Å². The average molecular weight is 435 g/mol. The van der Waals surface area contributed by atoms with E-state index >= 15 is 0 Å². The minimum absolute atomic E-state index is 0.0885. The van der Waals surface area contributed by atoms with E-state index in [4.69, 9.17) is 4.74 Å². The predicted molar refractivity (Wildman–Crippen MR) is 127 cm³/mol. The summed E-state index contributed by atoms with van der Waals surface area (Å²) in [6.45, 7) is 6.01. The molecule has 0 aliphatic rings. The minimum atomic E-state index is -0.254. The van der Waals surface area contributed by atoms with Crippen molar-refractivity contribution in [1.29, 1.82) is 0 Å². The van der Waals surface area contributed by atoms with Crippen molar-refractivity contribution in [2.75, 3.05) is 17.7 Å². The Morgan fingerprint density at radius 2 is 1.61 bits per heavy atom. The number of rotatable bonds is 7. The molecule has 0 saturated carbocycles. The van der Waals surface area contributed by atoms with Crippen molar-refractivity contribution in [2.45, 2.75) is 30.9 Å². The van der Waals surface area contributed by atoms with Gasteiger partial charge in [-0.15, -0.1) is 11.8 Å². The summed E-state index contributed by atoms with van der Waals surface area (Å²) >= 11 is 1.52. The van der Waals surface area contributed by atoms with Gasteiger partial charge in [-0.05, 0) is 80.4 Å². The van der Waals surface area contributed by atoms with Crippen molar-refractivity contribution < 1.29 is 14.3 Å². The predicted octanol–water partition coefficient (Wildman–Crippen LogP) is 5.68. The molecular weight excluding hydrogens is 408 g/mol. The molecule has 3 aromatic rings. The van der Waals surface area contributed by atoms with Gasteiger partial charge < -0.3 is 15.4 Å². The van der Waals surface area contributed by atoms with Crippen LogP contribution in [0.15, 0.2) is 71.6 Å². The molecular formula is C25H26N2O3S. The lowest BCUT2D eigenvalue weighted by molar-refractivity contribution is -0.115. The molecule has 0 heterocycles. The number of para-hydroxylation sites is 2. The fourth-order valence-corrected chi connectivity index (χ4v) is 3.90. The number of thioether (sulfide) groups is 1. The normalized spacial score (nSPS) is 11.5. The van der Waals surface area contributed by atoms with Crippen LogP contribution in [0.2, 0.25) is 0 Å². The molecule has 0 radical (unpaired) electrons. The monoisotopic (exact) mass is 434 g/mol. The molecule has 1 atom stereocenters. The van der Waals surface area contributed by atoms with Gasteiger partial charge in [0, 0.05) is 16.1 Å². The first-order chi connectivity index (χ1) is 14.9. The molecule has 31 heavy (non-hydrogen) atoms. The summed E-state index contributed by atoms with van der Waals surface area (Å²) in [5.41, 5.74) is 4.17. The average Bonchev–Trinajstić information content (AvgIpc) is 2.77. The van der Waals surface area contributed by atoms with E-state index in [0.29, 0.717) is 22.7 Å². The summed E-state index contributed by atoms with van der Waals surface area (Å²) in [7, 11) is 1.56. The van der Waals surface area contributed by atoms with Gasteiger partial charge in [-0.2, -0.15) is 0 Å². The van der Waals surface area contributed by atoms with Crippen LogP contribution in [0.4, 0.5) is 11.4 Å². The quantitative estimate of drug-likeness (QED) is 0.469. The number of carbonyl (C=O) groups is 2. The number of ether oxygens (including phenoxy) is 1. The number of nitrogens with one attached hydrogen (secondary N) is 2. The molecule has 3 aromatic carbocycles. The third-order valence-corrected chi connectivity index (χ3v) is 6.02. The topological polar surface area (TPSA) is 67.4 Å². The van der Waals surface area contributed by atoms with Gasteiger partial charge in [0.25, 0.3) is 5.91 Å². The summed E-state index contributed by atoms with van der Waals surface area (Å²) in [4.78, 5) is 26.2. The van der Waals surface area contributed by atoms with Gasteiger partial charge in [-0.3, -0.25) is 9.59 Å². The fraction of sp³-hybridized carbons (Fsp3) is 0.200. The Bertz CT molecular complexity index is 1080. The largest absolute Gasteiger partial charge is 0.495 e. The number of carbonyl (C=O) groups excluding carboxylic acids is 2. The summed E-state index contributed by atoms with van der Waals surface area (Å²) in [5, 5.41) is 5.49. The lowest BCUT2D eigenvalue weighted by atomic mass is 10.1. The van der Waals surface area contributed by atoms with Crippen LogP contribution in [0.3, 0.4) is 0 Å². The smallest absolute Gasteiger partial charge is 0.255 e. The molecule has 160 valence electrons. The zero-order valence-electron chi connectivity index (χ0n) is 18.1. The fourth-order valence-electron chi connectivity index (χ4n) is 2.94. The molecule has 0 aromatic heterocycles. The van der Waals surface area contributed by atoms with Crippen LogP contribution in [0, 0.1) is 13.8 Å². The van der Waals surface area contributed by atoms with E-state index < -0.39 is 0 Å². The van der Waals surface area contributed by atoms with Gasteiger partial charge >= 0.3 is 0 Å². The second-order valence-electron chi connectivity index (χ2n) is 7.23. The lowest BCUT2D eigenvalue weighted by Gasteiger charge is -2.13. The van der Waals surface area contributed by atoms with Crippen LogP contribution < -0.4 is 15.4 Å². The Labute approximate surface area is 187 Å². The van der Waals surface area contributed by atoms with Crippen LogP contribution in [0.1, 0.15) is 28.4 Å². The van der Waals surface area contributed by atoms with E-state index in [1.807, 2.05) is 25.1 Å². The molecule has 0 aliphatic heterocycles. The Morgan fingerprint density at radius 1 is 0.903 bits per heavy atom. The Morgan fingerprint density at radius 3 is 2.29 bits per heavy atom. The van der Waals surface area contributed by atoms with Crippen molar-refractivity contribution in [2.24, 2.45) is 0 Å². The van der Waals surface area contributed by atoms with Crippen molar-refractivity contribution >= 4 is 35.0 Å². The number of benzene rings is 3. The van der Waals surface area contributed by atoms with Gasteiger partial charge in [-0.1, -0.05) is 18.2 Å². The Kier molecular flexibility index (Phi) is 7.36. The van der Waals surface area contributed by atoms with E-state index in [0.717, 1.165) is 4.90 Å². The van der Waals surface area contributed by atoms with Gasteiger partial charge in [-0.25, -0.2) is 0 Å². The number of methoxy groups -OCH3 is 1. The van der Waals surface area contributed by atoms with Crippen molar-refractivity contribution in [1.82, 2.24) is 0 Å². The van der Waals surface area contributed by atoms with Crippen LogP contribution in [0.5, 0.6) is 5.75 Å².